The zero-order valence-corrected chi connectivity index (χ0v) is 11.7. The molecule has 1 saturated carbocycles. The van der Waals surface area contributed by atoms with Crippen LogP contribution >= 0.6 is 11.6 Å². The Morgan fingerprint density at radius 1 is 1.32 bits per heavy atom. The number of benzene rings is 1. The Hall–Kier alpha value is -1.22. The van der Waals surface area contributed by atoms with Crippen molar-refractivity contribution in [3.63, 3.8) is 0 Å². The standard InChI is InChI=1S/C15H17ClO3/c1-10(4-7-17)11-8-13-14(9-12(11)16)19-15(18-13)5-2-3-6-15/h7-10H,2-6H2,1H3. The van der Waals surface area contributed by atoms with Crippen LogP contribution in [0.15, 0.2) is 12.1 Å². The van der Waals surface area contributed by atoms with Gasteiger partial charge in [0, 0.05) is 30.4 Å². The van der Waals surface area contributed by atoms with Crippen molar-refractivity contribution in [1.29, 1.82) is 0 Å². The first-order valence-corrected chi connectivity index (χ1v) is 7.16. The molecule has 0 saturated heterocycles. The monoisotopic (exact) mass is 280 g/mol. The molecule has 0 amide bonds. The molecule has 1 atom stereocenters. The molecule has 1 unspecified atom stereocenters. The molecule has 1 aromatic rings. The maximum Gasteiger partial charge on any atom is 0.251 e. The molecule has 1 aliphatic heterocycles. The molecule has 1 heterocycles. The molecule has 0 N–H and O–H groups in total. The summed E-state index contributed by atoms with van der Waals surface area (Å²) in [5.74, 6) is 1.13. The van der Waals surface area contributed by atoms with Crippen molar-refractivity contribution in [3.8, 4) is 11.5 Å². The number of halogens is 1. The summed E-state index contributed by atoms with van der Waals surface area (Å²) in [5.41, 5.74) is 0.950. The number of aldehydes is 1. The highest BCUT2D eigenvalue weighted by Crippen LogP contribution is 2.49. The van der Waals surface area contributed by atoms with Gasteiger partial charge in [0.05, 0.1) is 0 Å². The SMILES string of the molecule is CC(CC=O)c1cc2c(cc1Cl)OC1(CCCC1)O2. The first kappa shape index (κ1) is 12.8. The van der Waals surface area contributed by atoms with E-state index in [0.717, 1.165) is 49.0 Å². The average molecular weight is 281 g/mol. The number of ether oxygens (including phenoxy) is 2. The van der Waals surface area contributed by atoms with Gasteiger partial charge in [-0.1, -0.05) is 18.5 Å². The third-order valence-electron chi connectivity index (χ3n) is 4.00. The second kappa shape index (κ2) is 4.71. The second-order valence-electron chi connectivity index (χ2n) is 5.45. The van der Waals surface area contributed by atoms with Gasteiger partial charge in [-0.05, 0) is 30.4 Å². The van der Waals surface area contributed by atoms with Gasteiger partial charge in [-0.3, -0.25) is 0 Å². The molecule has 4 heteroatoms. The molecule has 1 aromatic carbocycles. The van der Waals surface area contributed by atoms with Crippen molar-refractivity contribution in [2.45, 2.75) is 50.7 Å². The van der Waals surface area contributed by atoms with E-state index in [9.17, 15) is 4.79 Å². The summed E-state index contributed by atoms with van der Waals surface area (Å²) < 4.78 is 12.0. The summed E-state index contributed by atoms with van der Waals surface area (Å²) in [6, 6.07) is 3.75. The number of carbonyl (C=O) groups is 1. The third kappa shape index (κ3) is 2.20. The van der Waals surface area contributed by atoms with Gasteiger partial charge in [-0.25, -0.2) is 0 Å². The predicted molar refractivity (Wildman–Crippen MR) is 73.0 cm³/mol. The van der Waals surface area contributed by atoms with E-state index in [4.69, 9.17) is 21.1 Å². The van der Waals surface area contributed by atoms with Crippen molar-refractivity contribution in [3.05, 3.63) is 22.7 Å². The quantitative estimate of drug-likeness (QED) is 0.783. The summed E-state index contributed by atoms with van der Waals surface area (Å²) >= 11 is 6.28. The lowest BCUT2D eigenvalue weighted by Crippen LogP contribution is -2.34. The molecule has 3 rings (SSSR count). The molecular formula is C15H17ClO3. The summed E-state index contributed by atoms with van der Waals surface area (Å²) in [6.45, 7) is 1.99. The van der Waals surface area contributed by atoms with Crippen LogP contribution in [0.2, 0.25) is 5.02 Å². The highest BCUT2D eigenvalue weighted by Gasteiger charge is 2.44. The van der Waals surface area contributed by atoms with Crippen LogP contribution in [0.4, 0.5) is 0 Å². The highest BCUT2D eigenvalue weighted by atomic mass is 35.5. The van der Waals surface area contributed by atoms with E-state index < -0.39 is 5.79 Å². The summed E-state index contributed by atoms with van der Waals surface area (Å²) in [5, 5.41) is 0.645. The molecule has 3 nitrogen and oxygen atoms in total. The zero-order valence-electron chi connectivity index (χ0n) is 10.9. The summed E-state index contributed by atoms with van der Waals surface area (Å²) in [4.78, 5) is 10.6. The van der Waals surface area contributed by atoms with Crippen molar-refractivity contribution >= 4 is 17.9 Å². The molecule has 1 spiro atoms. The Balaban J connectivity index is 1.91. The van der Waals surface area contributed by atoms with E-state index in [0.29, 0.717) is 11.4 Å². The Morgan fingerprint density at radius 3 is 2.58 bits per heavy atom. The third-order valence-corrected chi connectivity index (χ3v) is 4.33. The van der Waals surface area contributed by atoms with Crippen molar-refractivity contribution in [2.24, 2.45) is 0 Å². The van der Waals surface area contributed by atoms with Gasteiger partial charge in [0.1, 0.15) is 6.29 Å². The van der Waals surface area contributed by atoms with Crippen molar-refractivity contribution in [1.82, 2.24) is 0 Å². The van der Waals surface area contributed by atoms with Gasteiger partial charge in [-0.15, -0.1) is 0 Å². The van der Waals surface area contributed by atoms with Gasteiger partial charge in [0.15, 0.2) is 11.5 Å². The fourth-order valence-corrected chi connectivity index (χ4v) is 3.24. The number of carbonyl (C=O) groups excluding carboxylic acids is 1. The van der Waals surface area contributed by atoms with Gasteiger partial charge in [0.25, 0.3) is 5.79 Å². The summed E-state index contributed by atoms with van der Waals surface area (Å²) in [7, 11) is 0. The lowest BCUT2D eigenvalue weighted by atomic mass is 9.98. The lowest BCUT2D eigenvalue weighted by molar-refractivity contribution is -0.108. The number of hydrogen-bond acceptors (Lipinski definition) is 3. The molecule has 1 aliphatic carbocycles. The maximum absolute atomic E-state index is 10.6. The van der Waals surface area contributed by atoms with E-state index in [1.54, 1.807) is 0 Å². The van der Waals surface area contributed by atoms with E-state index >= 15 is 0 Å². The van der Waals surface area contributed by atoms with Crippen LogP contribution in [0, 0.1) is 0 Å². The Labute approximate surface area is 117 Å². The minimum atomic E-state index is -0.460. The molecule has 0 radical (unpaired) electrons. The van der Waals surface area contributed by atoms with E-state index in [-0.39, 0.29) is 5.92 Å². The normalized spacial score (nSPS) is 20.7. The molecule has 1 fully saturated rings. The average Bonchev–Trinajstić information content (AvgIpc) is 2.95. The molecule has 0 aromatic heterocycles. The van der Waals surface area contributed by atoms with Crippen LogP contribution in [0.25, 0.3) is 0 Å². The van der Waals surface area contributed by atoms with Crippen LogP contribution in [0.5, 0.6) is 11.5 Å². The smallest absolute Gasteiger partial charge is 0.251 e. The molecule has 19 heavy (non-hydrogen) atoms. The highest BCUT2D eigenvalue weighted by molar-refractivity contribution is 6.31. The van der Waals surface area contributed by atoms with Gasteiger partial charge in [-0.2, -0.15) is 0 Å². The fraction of sp³-hybridized carbons (Fsp3) is 0.533. The zero-order chi connectivity index (χ0) is 13.5. The number of hydrogen-bond donors (Lipinski definition) is 0. The van der Waals surface area contributed by atoms with Crippen molar-refractivity contribution in [2.75, 3.05) is 0 Å². The number of rotatable bonds is 3. The summed E-state index contributed by atoms with van der Waals surface area (Å²) in [6.07, 6.45) is 5.51. The lowest BCUT2D eigenvalue weighted by Gasteiger charge is -2.21. The molecule has 2 aliphatic rings. The molecule has 102 valence electrons. The fourth-order valence-electron chi connectivity index (χ4n) is 2.90. The largest absolute Gasteiger partial charge is 0.448 e. The Bertz CT molecular complexity index is 506. The minimum absolute atomic E-state index is 0.0963. The maximum atomic E-state index is 10.6. The van der Waals surface area contributed by atoms with Crippen LogP contribution in [0.1, 0.15) is 50.5 Å². The van der Waals surface area contributed by atoms with E-state index in [1.165, 1.54) is 0 Å². The van der Waals surface area contributed by atoms with Crippen molar-refractivity contribution < 1.29 is 14.3 Å². The number of fused-ring (bicyclic) bond motifs is 1. The van der Waals surface area contributed by atoms with Crippen LogP contribution in [-0.4, -0.2) is 12.1 Å². The molecular weight excluding hydrogens is 264 g/mol. The van der Waals surface area contributed by atoms with Crippen LogP contribution in [0.3, 0.4) is 0 Å². The van der Waals surface area contributed by atoms with Gasteiger partial charge < -0.3 is 14.3 Å². The van der Waals surface area contributed by atoms with Gasteiger partial charge in [0.2, 0.25) is 0 Å². The van der Waals surface area contributed by atoms with E-state index in [2.05, 4.69) is 0 Å². The predicted octanol–water partition coefficient (Wildman–Crippen LogP) is 4.07. The Kier molecular flexibility index (Phi) is 3.17. The van der Waals surface area contributed by atoms with Crippen LogP contribution < -0.4 is 9.47 Å². The van der Waals surface area contributed by atoms with Crippen LogP contribution in [-0.2, 0) is 4.79 Å². The Morgan fingerprint density at radius 2 is 1.95 bits per heavy atom. The first-order valence-electron chi connectivity index (χ1n) is 6.79. The van der Waals surface area contributed by atoms with Gasteiger partial charge >= 0.3 is 0 Å². The topological polar surface area (TPSA) is 35.5 Å². The van der Waals surface area contributed by atoms with E-state index in [1.807, 2.05) is 19.1 Å². The minimum Gasteiger partial charge on any atom is -0.448 e. The first-order chi connectivity index (χ1) is 9.13. The second-order valence-corrected chi connectivity index (χ2v) is 5.85. The molecule has 0 bridgehead atoms.